The minimum absolute atomic E-state index is 0.855. The van der Waals surface area contributed by atoms with Crippen LogP contribution in [0.1, 0.15) is 25.0 Å². The number of hydrogen-bond donors (Lipinski definition) is 1. The van der Waals surface area contributed by atoms with Gasteiger partial charge in [-0.25, -0.2) is 4.98 Å². The van der Waals surface area contributed by atoms with Crippen molar-refractivity contribution in [3.05, 3.63) is 11.9 Å². The second-order valence-electron chi connectivity index (χ2n) is 4.34. The molecule has 1 heterocycles. The van der Waals surface area contributed by atoms with Gasteiger partial charge in [0, 0.05) is 34.1 Å². The van der Waals surface area contributed by atoms with Crippen molar-refractivity contribution < 1.29 is 0 Å². The van der Waals surface area contributed by atoms with Gasteiger partial charge in [-0.05, 0) is 19.4 Å². The average molecular weight is 234 g/mol. The quantitative estimate of drug-likeness (QED) is 0.571. The van der Waals surface area contributed by atoms with Crippen molar-refractivity contribution in [1.29, 1.82) is 0 Å². The van der Waals surface area contributed by atoms with E-state index in [1.54, 1.807) is 0 Å². The van der Waals surface area contributed by atoms with Crippen LogP contribution in [-0.4, -0.2) is 30.2 Å². The second-order valence-corrected chi connectivity index (χ2v) is 4.34. The maximum atomic E-state index is 5.20. The van der Waals surface area contributed by atoms with Crippen LogP contribution in [0.5, 0.6) is 0 Å². The molecular weight excluding hydrogens is 212 g/mol. The fraction of sp³-hybridized carbons (Fsp3) is 0.615. The highest BCUT2D eigenvalue weighted by atomic mass is 15.3. The summed E-state index contributed by atoms with van der Waals surface area (Å²) in [4.78, 5) is 6.38. The molecule has 4 nitrogen and oxygen atoms in total. The van der Waals surface area contributed by atoms with Gasteiger partial charge in [0.05, 0.1) is 11.9 Å². The van der Waals surface area contributed by atoms with E-state index in [4.69, 9.17) is 6.42 Å². The molecule has 0 aliphatic carbocycles. The Morgan fingerprint density at radius 1 is 1.47 bits per heavy atom. The van der Waals surface area contributed by atoms with Crippen molar-refractivity contribution in [2.24, 2.45) is 7.05 Å². The SMILES string of the molecule is C#CCCCCNCc1cnc(N(C)C)n1C. The van der Waals surface area contributed by atoms with Crippen molar-refractivity contribution in [3.8, 4) is 12.3 Å². The molecule has 0 amide bonds. The number of aromatic nitrogens is 2. The highest BCUT2D eigenvalue weighted by Crippen LogP contribution is 2.10. The Kier molecular flexibility index (Phi) is 5.58. The lowest BCUT2D eigenvalue weighted by Gasteiger charge is -2.12. The normalized spacial score (nSPS) is 10.2. The maximum absolute atomic E-state index is 5.20. The fourth-order valence-corrected chi connectivity index (χ4v) is 1.71. The Bertz CT molecular complexity index is 373. The Morgan fingerprint density at radius 2 is 2.24 bits per heavy atom. The molecule has 0 bridgehead atoms. The average Bonchev–Trinajstić information content (AvgIpc) is 2.65. The standard InChI is InChI=1S/C13H22N4/c1-5-6-7-8-9-14-10-12-11-15-13(16(2)3)17(12)4/h1,11,14H,6-10H2,2-4H3. The number of nitrogens with one attached hydrogen (secondary N) is 1. The topological polar surface area (TPSA) is 33.1 Å². The molecule has 0 unspecified atom stereocenters. The number of rotatable bonds is 7. The highest BCUT2D eigenvalue weighted by molar-refractivity contribution is 5.30. The number of imidazole rings is 1. The van der Waals surface area contributed by atoms with Gasteiger partial charge in [-0.2, -0.15) is 0 Å². The van der Waals surface area contributed by atoms with E-state index in [1.165, 1.54) is 5.69 Å². The van der Waals surface area contributed by atoms with Gasteiger partial charge in [0.25, 0.3) is 0 Å². The largest absolute Gasteiger partial charge is 0.348 e. The molecule has 0 saturated heterocycles. The van der Waals surface area contributed by atoms with Crippen molar-refractivity contribution >= 4 is 5.95 Å². The highest BCUT2D eigenvalue weighted by Gasteiger charge is 2.06. The van der Waals surface area contributed by atoms with Gasteiger partial charge in [-0.15, -0.1) is 12.3 Å². The fourth-order valence-electron chi connectivity index (χ4n) is 1.71. The molecule has 4 heteroatoms. The van der Waals surface area contributed by atoms with Crippen LogP contribution < -0.4 is 10.2 Å². The predicted molar refractivity (Wildman–Crippen MR) is 71.9 cm³/mol. The molecule has 1 N–H and O–H groups in total. The monoisotopic (exact) mass is 234 g/mol. The summed E-state index contributed by atoms with van der Waals surface area (Å²) in [6, 6.07) is 0. The molecule has 1 aromatic rings. The van der Waals surface area contributed by atoms with Crippen LogP contribution in [0.25, 0.3) is 0 Å². The van der Waals surface area contributed by atoms with Gasteiger partial charge < -0.3 is 14.8 Å². The van der Waals surface area contributed by atoms with E-state index in [-0.39, 0.29) is 0 Å². The molecule has 0 saturated carbocycles. The Balaban J connectivity index is 2.30. The summed E-state index contributed by atoms with van der Waals surface area (Å²) in [5.41, 5.74) is 1.20. The molecule has 17 heavy (non-hydrogen) atoms. The van der Waals surface area contributed by atoms with E-state index in [0.717, 1.165) is 38.3 Å². The van der Waals surface area contributed by atoms with Crippen molar-refractivity contribution in [3.63, 3.8) is 0 Å². The first kappa shape index (κ1) is 13.6. The van der Waals surface area contributed by atoms with Gasteiger partial charge in [0.1, 0.15) is 0 Å². The summed E-state index contributed by atoms with van der Waals surface area (Å²) in [7, 11) is 6.04. The molecule has 0 spiro atoms. The van der Waals surface area contributed by atoms with E-state index < -0.39 is 0 Å². The van der Waals surface area contributed by atoms with Crippen LogP contribution in [0.15, 0.2) is 6.20 Å². The lowest BCUT2D eigenvalue weighted by molar-refractivity contribution is 0.610. The van der Waals surface area contributed by atoms with Crippen LogP contribution in [0.4, 0.5) is 5.95 Å². The first-order chi connectivity index (χ1) is 8.16. The molecule has 0 atom stereocenters. The Morgan fingerprint density at radius 3 is 2.82 bits per heavy atom. The number of anilines is 1. The number of terminal acetylenes is 1. The third-order valence-electron chi connectivity index (χ3n) is 2.69. The summed E-state index contributed by atoms with van der Waals surface area (Å²) in [6.07, 6.45) is 10.2. The molecule has 1 aromatic heterocycles. The molecule has 0 aromatic carbocycles. The van der Waals surface area contributed by atoms with Gasteiger partial charge >= 0.3 is 0 Å². The zero-order chi connectivity index (χ0) is 12.7. The first-order valence-corrected chi connectivity index (χ1v) is 5.99. The minimum atomic E-state index is 0.855. The summed E-state index contributed by atoms with van der Waals surface area (Å²) in [5.74, 6) is 3.63. The summed E-state index contributed by atoms with van der Waals surface area (Å²) in [5, 5.41) is 3.41. The number of hydrogen-bond acceptors (Lipinski definition) is 3. The van der Waals surface area contributed by atoms with Gasteiger partial charge in [-0.1, -0.05) is 0 Å². The number of unbranched alkanes of at least 4 members (excludes halogenated alkanes) is 2. The lowest BCUT2D eigenvalue weighted by Crippen LogP contribution is -2.19. The predicted octanol–water partition coefficient (Wildman–Crippen LogP) is 1.38. The van der Waals surface area contributed by atoms with Crippen LogP contribution in [0.3, 0.4) is 0 Å². The molecule has 94 valence electrons. The van der Waals surface area contributed by atoms with Crippen molar-refractivity contribution in [1.82, 2.24) is 14.9 Å². The van der Waals surface area contributed by atoms with E-state index in [9.17, 15) is 0 Å². The number of nitrogens with zero attached hydrogens (tertiary/aromatic N) is 3. The van der Waals surface area contributed by atoms with Crippen LogP contribution in [-0.2, 0) is 13.6 Å². The Hall–Kier alpha value is -1.47. The van der Waals surface area contributed by atoms with Gasteiger partial charge in [-0.3, -0.25) is 0 Å². The van der Waals surface area contributed by atoms with Crippen molar-refractivity contribution in [2.75, 3.05) is 25.5 Å². The summed E-state index contributed by atoms with van der Waals surface area (Å²) < 4.78 is 2.11. The molecule has 0 radical (unpaired) electrons. The third kappa shape index (κ3) is 4.12. The smallest absolute Gasteiger partial charge is 0.204 e. The molecular formula is C13H22N4. The van der Waals surface area contributed by atoms with E-state index in [2.05, 4.69) is 20.8 Å². The van der Waals surface area contributed by atoms with Gasteiger partial charge in [0.2, 0.25) is 5.95 Å². The zero-order valence-corrected chi connectivity index (χ0v) is 11.0. The minimum Gasteiger partial charge on any atom is -0.348 e. The van der Waals surface area contributed by atoms with E-state index >= 15 is 0 Å². The Labute approximate surface area is 104 Å². The van der Waals surface area contributed by atoms with Crippen LogP contribution >= 0.6 is 0 Å². The summed E-state index contributed by atoms with van der Waals surface area (Å²) in [6.45, 7) is 1.86. The molecule has 1 rings (SSSR count). The van der Waals surface area contributed by atoms with Gasteiger partial charge in [0.15, 0.2) is 0 Å². The summed E-state index contributed by atoms with van der Waals surface area (Å²) >= 11 is 0. The molecule has 0 aliphatic rings. The molecule has 0 fully saturated rings. The van der Waals surface area contributed by atoms with E-state index in [0.29, 0.717) is 0 Å². The van der Waals surface area contributed by atoms with Crippen LogP contribution in [0.2, 0.25) is 0 Å². The van der Waals surface area contributed by atoms with E-state index in [1.807, 2.05) is 32.2 Å². The third-order valence-corrected chi connectivity index (χ3v) is 2.69. The molecule has 0 aliphatic heterocycles. The maximum Gasteiger partial charge on any atom is 0.204 e. The van der Waals surface area contributed by atoms with Crippen molar-refractivity contribution in [2.45, 2.75) is 25.8 Å². The zero-order valence-electron chi connectivity index (χ0n) is 11.0. The first-order valence-electron chi connectivity index (χ1n) is 5.99. The lowest BCUT2D eigenvalue weighted by atomic mass is 10.2. The second kappa shape index (κ2) is 6.97. The van der Waals surface area contributed by atoms with Crippen LogP contribution in [0, 0.1) is 12.3 Å².